The van der Waals surface area contributed by atoms with Crippen LogP contribution in [0.15, 0.2) is 39.7 Å². The Bertz CT molecular complexity index is 1030. The Morgan fingerprint density at radius 3 is 2.83 bits per heavy atom. The Kier molecular flexibility index (Phi) is 6.10. The van der Waals surface area contributed by atoms with E-state index in [2.05, 4.69) is 0 Å². The van der Waals surface area contributed by atoms with Gasteiger partial charge in [-0.3, -0.25) is 14.5 Å². The summed E-state index contributed by atoms with van der Waals surface area (Å²) in [6, 6.07) is 9.22. The molecule has 7 nitrogen and oxygen atoms in total. The molecule has 0 saturated carbocycles. The van der Waals surface area contributed by atoms with Crippen molar-refractivity contribution in [3.8, 4) is 22.8 Å². The van der Waals surface area contributed by atoms with Crippen LogP contribution in [-0.2, 0) is 9.59 Å². The first-order valence-electron chi connectivity index (χ1n) is 9.48. The van der Waals surface area contributed by atoms with E-state index in [9.17, 15) is 9.59 Å². The van der Waals surface area contributed by atoms with E-state index in [1.807, 2.05) is 24.3 Å². The van der Waals surface area contributed by atoms with E-state index in [4.69, 9.17) is 31.2 Å². The van der Waals surface area contributed by atoms with Crippen LogP contribution in [0.1, 0.15) is 31.4 Å². The normalized spacial score (nSPS) is 16.7. The van der Waals surface area contributed by atoms with Crippen molar-refractivity contribution in [2.24, 2.45) is 0 Å². The molecule has 2 aliphatic heterocycles. The number of carboxylic acids is 1. The molecule has 1 N–H and O–H groups in total. The molecule has 0 radical (unpaired) electrons. The van der Waals surface area contributed by atoms with Gasteiger partial charge in [0.1, 0.15) is 15.8 Å². The van der Waals surface area contributed by atoms with Crippen LogP contribution in [0.25, 0.3) is 17.4 Å². The zero-order valence-corrected chi connectivity index (χ0v) is 17.6. The SMILES string of the molecule is O=C(O)CCCCCN1C(=O)/C(=C/c2ccc(-c3ccc4c(c3)OCO4)o2)SC1=S. The van der Waals surface area contributed by atoms with Gasteiger partial charge in [-0.1, -0.05) is 30.4 Å². The van der Waals surface area contributed by atoms with E-state index in [1.54, 1.807) is 17.0 Å². The lowest BCUT2D eigenvalue weighted by Gasteiger charge is -2.13. The summed E-state index contributed by atoms with van der Waals surface area (Å²) in [5, 5.41) is 8.68. The Morgan fingerprint density at radius 1 is 1.17 bits per heavy atom. The Labute approximate surface area is 182 Å². The summed E-state index contributed by atoms with van der Waals surface area (Å²) in [4.78, 5) is 25.3. The van der Waals surface area contributed by atoms with Crippen LogP contribution in [0, 0.1) is 0 Å². The van der Waals surface area contributed by atoms with Crippen molar-refractivity contribution in [3.63, 3.8) is 0 Å². The molecule has 0 unspecified atom stereocenters. The van der Waals surface area contributed by atoms with Crippen LogP contribution in [0.5, 0.6) is 11.5 Å². The number of thiocarbonyl (C=S) groups is 1. The first-order valence-corrected chi connectivity index (χ1v) is 10.7. The molecule has 2 aromatic rings. The number of amides is 1. The molecule has 1 amide bonds. The number of carboxylic acid groups (broad SMARTS) is 1. The number of aliphatic carboxylic acids is 1. The molecule has 1 aromatic heterocycles. The molecule has 2 aliphatic rings. The monoisotopic (exact) mass is 445 g/mol. The van der Waals surface area contributed by atoms with Crippen molar-refractivity contribution in [1.82, 2.24) is 4.90 Å². The van der Waals surface area contributed by atoms with Gasteiger partial charge < -0.3 is 19.0 Å². The van der Waals surface area contributed by atoms with Gasteiger partial charge in [0.15, 0.2) is 11.5 Å². The van der Waals surface area contributed by atoms with Crippen molar-refractivity contribution in [2.75, 3.05) is 13.3 Å². The van der Waals surface area contributed by atoms with Crippen LogP contribution in [0.2, 0.25) is 0 Å². The standard InChI is InChI=1S/C21H19NO6S2/c23-19(24)4-2-1-3-9-22-20(25)18(30-21(22)29)11-14-6-8-15(28-14)13-5-7-16-17(10-13)27-12-26-16/h5-8,10-11H,1-4,9,12H2,(H,23,24)/b18-11-. The maximum Gasteiger partial charge on any atom is 0.303 e. The zero-order chi connectivity index (χ0) is 21.1. The molecule has 4 rings (SSSR count). The van der Waals surface area contributed by atoms with Crippen LogP contribution in [-0.4, -0.2) is 39.5 Å². The van der Waals surface area contributed by atoms with Crippen LogP contribution < -0.4 is 9.47 Å². The van der Waals surface area contributed by atoms with Crippen molar-refractivity contribution in [1.29, 1.82) is 0 Å². The first kappa shape index (κ1) is 20.5. The fourth-order valence-corrected chi connectivity index (χ4v) is 4.47. The summed E-state index contributed by atoms with van der Waals surface area (Å²) in [6.07, 6.45) is 3.87. The van der Waals surface area contributed by atoms with E-state index in [0.29, 0.717) is 51.6 Å². The highest BCUT2D eigenvalue weighted by Gasteiger charge is 2.31. The minimum Gasteiger partial charge on any atom is -0.481 e. The predicted octanol–water partition coefficient (Wildman–Crippen LogP) is 4.52. The molecule has 156 valence electrons. The second kappa shape index (κ2) is 8.93. The number of carbonyl (C=O) groups excluding carboxylic acids is 1. The number of furan rings is 1. The second-order valence-corrected chi connectivity index (χ2v) is 8.48. The molecule has 0 atom stereocenters. The van der Waals surface area contributed by atoms with Gasteiger partial charge in [-0.15, -0.1) is 0 Å². The summed E-state index contributed by atoms with van der Waals surface area (Å²) in [7, 11) is 0. The van der Waals surface area contributed by atoms with E-state index in [1.165, 1.54) is 11.8 Å². The third-order valence-electron chi connectivity index (χ3n) is 4.70. The average Bonchev–Trinajstić information content (AvgIpc) is 3.43. The maximum atomic E-state index is 12.7. The number of hydrogen-bond acceptors (Lipinski definition) is 7. The number of hydrogen-bond donors (Lipinski definition) is 1. The predicted molar refractivity (Wildman–Crippen MR) is 116 cm³/mol. The third kappa shape index (κ3) is 4.52. The third-order valence-corrected chi connectivity index (χ3v) is 6.08. The highest BCUT2D eigenvalue weighted by atomic mass is 32.2. The van der Waals surface area contributed by atoms with Gasteiger partial charge in [0.25, 0.3) is 5.91 Å². The molecule has 9 heteroatoms. The summed E-state index contributed by atoms with van der Waals surface area (Å²) >= 11 is 6.58. The number of fused-ring (bicyclic) bond motifs is 1. The number of unbranched alkanes of at least 4 members (excludes halogenated alkanes) is 2. The smallest absolute Gasteiger partial charge is 0.303 e. The second-order valence-electron chi connectivity index (χ2n) is 6.81. The van der Waals surface area contributed by atoms with Gasteiger partial charge in [-0.2, -0.15) is 0 Å². The quantitative estimate of drug-likeness (QED) is 0.360. The van der Waals surface area contributed by atoms with Crippen molar-refractivity contribution in [3.05, 3.63) is 41.0 Å². The molecule has 1 aromatic carbocycles. The molecular formula is C21H19NO6S2. The van der Waals surface area contributed by atoms with Gasteiger partial charge >= 0.3 is 5.97 Å². The number of benzene rings is 1. The molecular weight excluding hydrogens is 426 g/mol. The van der Waals surface area contributed by atoms with Crippen molar-refractivity contribution in [2.45, 2.75) is 25.7 Å². The molecule has 0 bridgehead atoms. The number of nitrogens with zero attached hydrogens (tertiary/aromatic N) is 1. The van der Waals surface area contributed by atoms with Gasteiger partial charge in [0.2, 0.25) is 6.79 Å². The van der Waals surface area contributed by atoms with Gasteiger partial charge in [0, 0.05) is 24.6 Å². The Hall–Kier alpha value is -2.78. The highest BCUT2D eigenvalue weighted by molar-refractivity contribution is 8.26. The first-order chi connectivity index (χ1) is 14.5. The molecule has 30 heavy (non-hydrogen) atoms. The summed E-state index contributed by atoms with van der Waals surface area (Å²) in [5.74, 6) is 1.65. The summed E-state index contributed by atoms with van der Waals surface area (Å²) in [5.41, 5.74) is 0.854. The Balaban J connectivity index is 1.40. The van der Waals surface area contributed by atoms with Gasteiger partial charge in [-0.25, -0.2) is 0 Å². The lowest BCUT2D eigenvalue weighted by Crippen LogP contribution is -2.29. The lowest BCUT2D eigenvalue weighted by atomic mass is 10.1. The van der Waals surface area contributed by atoms with E-state index >= 15 is 0 Å². The molecule has 1 fully saturated rings. The average molecular weight is 446 g/mol. The van der Waals surface area contributed by atoms with Crippen LogP contribution >= 0.6 is 24.0 Å². The van der Waals surface area contributed by atoms with E-state index in [-0.39, 0.29) is 19.1 Å². The minimum atomic E-state index is -0.804. The molecule has 0 aliphatic carbocycles. The molecule has 3 heterocycles. The topological polar surface area (TPSA) is 89.2 Å². The summed E-state index contributed by atoms with van der Waals surface area (Å²) in [6.45, 7) is 0.700. The number of carbonyl (C=O) groups is 2. The van der Waals surface area contributed by atoms with Crippen LogP contribution in [0.4, 0.5) is 0 Å². The molecule has 1 saturated heterocycles. The molecule has 0 spiro atoms. The van der Waals surface area contributed by atoms with Crippen molar-refractivity contribution >= 4 is 46.3 Å². The van der Waals surface area contributed by atoms with E-state index in [0.717, 1.165) is 12.0 Å². The van der Waals surface area contributed by atoms with Crippen molar-refractivity contribution < 1.29 is 28.6 Å². The fraction of sp³-hybridized carbons (Fsp3) is 0.286. The van der Waals surface area contributed by atoms with Gasteiger partial charge in [-0.05, 0) is 43.2 Å². The van der Waals surface area contributed by atoms with E-state index < -0.39 is 5.97 Å². The zero-order valence-electron chi connectivity index (χ0n) is 16.0. The minimum absolute atomic E-state index is 0.141. The number of rotatable bonds is 8. The summed E-state index contributed by atoms with van der Waals surface area (Å²) < 4.78 is 17.1. The van der Waals surface area contributed by atoms with Gasteiger partial charge in [0.05, 0.1) is 4.91 Å². The fourth-order valence-electron chi connectivity index (χ4n) is 3.18. The number of ether oxygens (including phenoxy) is 2. The highest BCUT2D eigenvalue weighted by Crippen LogP contribution is 2.37. The van der Waals surface area contributed by atoms with Crippen LogP contribution in [0.3, 0.4) is 0 Å². The lowest BCUT2D eigenvalue weighted by molar-refractivity contribution is -0.137. The maximum absolute atomic E-state index is 12.7. The Morgan fingerprint density at radius 2 is 2.00 bits per heavy atom. The number of thioether (sulfide) groups is 1. The largest absolute Gasteiger partial charge is 0.481 e.